The van der Waals surface area contributed by atoms with Crippen molar-refractivity contribution in [3.05, 3.63) is 0 Å². The SMILES string of the molecule is CCC1CCCN(C(C)C)C1=O. The van der Waals surface area contributed by atoms with Crippen molar-refractivity contribution < 1.29 is 4.79 Å². The summed E-state index contributed by atoms with van der Waals surface area (Å²) in [6.07, 6.45) is 3.28. The molecule has 2 nitrogen and oxygen atoms in total. The standard InChI is InChI=1S/C10H19NO/c1-4-9-6-5-7-11(8(2)3)10(9)12/h8-9H,4-7H2,1-3H3. The Hall–Kier alpha value is -0.530. The van der Waals surface area contributed by atoms with Crippen LogP contribution >= 0.6 is 0 Å². The third kappa shape index (κ3) is 1.79. The summed E-state index contributed by atoms with van der Waals surface area (Å²) >= 11 is 0. The lowest BCUT2D eigenvalue weighted by Crippen LogP contribution is -2.44. The van der Waals surface area contributed by atoms with Gasteiger partial charge in [0.05, 0.1) is 0 Å². The van der Waals surface area contributed by atoms with Gasteiger partial charge in [-0.25, -0.2) is 0 Å². The van der Waals surface area contributed by atoms with Crippen LogP contribution in [0.3, 0.4) is 0 Å². The van der Waals surface area contributed by atoms with Crippen molar-refractivity contribution in [3.8, 4) is 0 Å². The van der Waals surface area contributed by atoms with E-state index in [1.54, 1.807) is 0 Å². The van der Waals surface area contributed by atoms with Gasteiger partial charge in [0.15, 0.2) is 0 Å². The minimum Gasteiger partial charge on any atom is -0.340 e. The van der Waals surface area contributed by atoms with E-state index in [1.165, 1.54) is 6.42 Å². The van der Waals surface area contributed by atoms with E-state index in [9.17, 15) is 4.79 Å². The average molecular weight is 169 g/mol. The number of likely N-dealkylation sites (tertiary alicyclic amines) is 1. The van der Waals surface area contributed by atoms with Crippen molar-refractivity contribution in [2.24, 2.45) is 5.92 Å². The predicted molar refractivity (Wildman–Crippen MR) is 49.9 cm³/mol. The Morgan fingerprint density at radius 3 is 2.75 bits per heavy atom. The minimum absolute atomic E-state index is 0.307. The lowest BCUT2D eigenvalue weighted by atomic mass is 9.94. The number of nitrogens with zero attached hydrogens (tertiary/aromatic N) is 1. The maximum atomic E-state index is 11.7. The van der Waals surface area contributed by atoms with Gasteiger partial charge in [0.1, 0.15) is 0 Å². The normalized spacial score (nSPS) is 25.2. The fourth-order valence-corrected chi connectivity index (χ4v) is 1.87. The lowest BCUT2D eigenvalue weighted by molar-refractivity contribution is -0.140. The molecule has 0 aromatic heterocycles. The highest BCUT2D eigenvalue weighted by molar-refractivity contribution is 5.79. The number of rotatable bonds is 2. The van der Waals surface area contributed by atoms with Gasteiger partial charge in [-0.05, 0) is 33.1 Å². The monoisotopic (exact) mass is 169 g/mol. The molecule has 1 unspecified atom stereocenters. The number of hydrogen-bond acceptors (Lipinski definition) is 1. The molecule has 0 bridgehead atoms. The quantitative estimate of drug-likeness (QED) is 0.619. The largest absolute Gasteiger partial charge is 0.340 e. The van der Waals surface area contributed by atoms with E-state index in [1.807, 2.05) is 4.90 Å². The van der Waals surface area contributed by atoms with Gasteiger partial charge in [-0.15, -0.1) is 0 Å². The molecule has 1 amide bonds. The zero-order valence-electron chi connectivity index (χ0n) is 8.34. The van der Waals surface area contributed by atoms with E-state index >= 15 is 0 Å². The van der Waals surface area contributed by atoms with Crippen molar-refractivity contribution in [1.29, 1.82) is 0 Å². The van der Waals surface area contributed by atoms with Gasteiger partial charge in [-0.1, -0.05) is 6.92 Å². The molecule has 0 aliphatic carbocycles. The maximum absolute atomic E-state index is 11.7. The molecule has 1 fully saturated rings. The zero-order chi connectivity index (χ0) is 9.14. The molecule has 1 aliphatic rings. The Balaban J connectivity index is 2.59. The second-order valence-electron chi connectivity index (χ2n) is 3.87. The van der Waals surface area contributed by atoms with Crippen molar-refractivity contribution in [3.63, 3.8) is 0 Å². The summed E-state index contributed by atoms with van der Waals surface area (Å²) < 4.78 is 0. The minimum atomic E-state index is 0.307. The molecular formula is C10H19NO. The highest BCUT2D eigenvalue weighted by Gasteiger charge is 2.28. The van der Waals surface area contributed by atoms with E-state index in [4.69, 9.17) is 0 Å². The third-order valence-electron chi connectivity index (χ3n) is 2.70. The Morgan fingerprint density at radius 1 is 1.58 bits per heavy atom. The first-order valence-electron chi connectivity index (χ1n) is 4.97. The maximum Gasteiger partial charge on any atom is 0.225 e. The molecule has 1 atom stereocenters. The van der Waals surface area contributed by atoms with Crippen LogP contribution in [0.4, 0.5) is 0 Å². The highest BCUT2D eigenvalue weighted by atomic mass is 16.2. The Morgan fingerprint density at radius 2 is 2.25 bits per heavy atom. The summed E-state index contributed by atoms with van der Waals surface area (Å²) in [6.45, 7) is 7.26. The van der Waals surface area contributed by atoms with E-state index in [0.29, 0.717) is 17.9 Å². The van der Waals surface area contributed by atoms with Crippen molar-refractivity contribution in [2.45, 2.75) is 46.1 Å². The molecule has 2 heteroatoms. The van der Waals surface area contributed by atoms with Crippen LogP contribution in [0.25, 0.3) is 0 Å². The van der Waals surface area contributed by atoms with Crippen LogP contribution in [0.15, 0.2) is 0 Å². The van der Waals surface area contributed by atoms with Gasteiger partial charge in [0.2, 0.25) is 5.91 Å². The molecule has 0 saturated carbocycles. The van der Waals surface area contributed by atoms with E-state index in [0.717, 1.165) is 19.4 Å². The summed E-state index contributed by atoms with van der Waals surface area (Å²) in [4.78, 5) is 13.7. The first-order chi connectivity index (χ1) is 5.66. The Kier molecular flexibility index (Phi) is 3.12. The number of carbonyl (C=O) groups excluding carboxylic acids is 1. The van der Waals surface area contributed by atoms with Crippen molar-refractivity contribution in [1.82, 2.24) is 4.90 Å². The molecular weight excluding hydrogens is 150 g/mol. The van der Waals surface area contributed by atoms with E-state index in [2.05, 4.69) is 20.8 Å². The second-order valence-corrected chi connectivity index (χ2v) is 3.87. The predicted octanol–water partition coefficient (Wildman–Crippen LogP) is 2.04. The molecule has 12 heavy (non-hydrogen) atoms. The summed E-state index contributed by atoms with van der Waals surface area (Å²) in [5, 5.41) is 0. The fraction of sp³-hybridized carbons (Fsp3) is 0.900. The van der Waals surface area contributed by atoms with Gasteiger partial charge in [-0.2, -0.15) is 0 Å². The van der Waals surface area contributed by atoms with Crippen molar-refractivity contribution >= 4 is 5.91 Å². The highest BCUT2D eigenvalue weighted by Crippen LogP contribution is 2.22. The third-order valence-corrected chi connectivity index (χ3v) is 2.70. The van der Waals surface area contributed by atoms with Gasteiger partial charge in [-0.3, -0.25) is 4.79 Å². The summed E-state index contributed by atoms with van der Waals surface area (Å²) in [6, 6.07) is 0.381. The van der Waals surface area contributed by atoms with Crippen LogP contribution in [0.5, 0.6) is 0 Å². The zero-order valence-corrected chi connectivity index (χ0v) is 8.34. The molecule has 0 aromatic carbocycles. The van der Waals surface area contributed by atoms with Crippen LogP contribution in [0.2, 0.25) is 0 Å². The molecule has 0 N–H and O–H groups in total. The van der Waals surface area contributed by atoms with Crippen LogP contribution in [-0.4, -0.2) is 23.4 Å². The van der Waals surface area contributed by atoms with Crippen molar-refractivity contribution in [2.75, 3.05) is 6.54 Å². The molecule has 1 saturated heterocycles. The fourth-order valence-electron chi connectivity index (χ4n) is 1.87. The van der Waals surface area contributed by atoms with Crippen LogP contribution < -0.4 is 0 Å². The van der Waals surface area contributed by atoms with Gasteiger partial charge in [0.25, 0.3) is 0 Å². The first kappa shape index (κ1) is 9.56. The molecule has 1 rings (SSSR count). The molecule has 0 aromatic rings. The molecule has 1 heterocycles. The Bertz CT molecular complexity index is 165. The molecule has 70 valence electrons. The second kappa shape index (κ2) is 3.92. The molecule has 0 radical (unpaired) electrons. The molecule has 1 aliphatic heterocycles. The van der Waals surface area contributed by atoms with Gasteiger partial charge in [0, 0.05) is 18.5 Å². The first-order valence-corrected chi connectivity index (χ1v) is 4.97. The number of piperidine rings is 1. The average Bonchev–Trinajstić information content (AvgIpc) is 2.04. The Labute approximate surface area is 74.9 Å². The van der Waals surface area contributed by atoms with Crippen LogP contribution in [-0.2, 0) is 4.79 Å². The lowest BCUT2D eigenvalue weighted by Gasteiger charge is -2.34. The van der Waals surface area contributed by atoms with E-state index in [-0.39, 0.29) is 0 Å². The van der Waals surface area contributed by atoms with Crippen LogP contribution in [0.1, 0.15) is 40.0 Å². The van der Waals surface area contributed by atoms with E-state index < -0.39 is 0 Å². The summed E-state index contributed by atoms with van der Waals surface area (Å²) in [5.41, 5.74) is 0. The number of hydrogen-bond donors (Lipinski definition) is 0. The molecule has 0 spiro atoms. The topological polar surface area (TPSA) is 20.3 Å². The number of carbonyl (C=O) groups is 1. The summed E-state index contributed by atoms with van der Waals surface area (Å²) in [5.74, 6) is 0.680. The summed E-state index contributed by atoms with van der Waals surface area (Å²) in [7, 11) is 0. The number of amides is 1. The van der Waals surface area contributed by atoms with Gasteiger partial charge < -0.3 is 4.90 Å². The van der Waals surface area contributed by atoms with Gasteiger partial charge >= 0.3 is 0 Å². The van der Waals surface area contributed by atoms with Crippen LogP contribution in [0, 0.1) is 5.92 Å². The smallest absolute Gasteiger partial charge is 0.225 e.